The number of alkyl halides is 6. The number of allylic oxidation sites excluding steroid dienone is 1. The molecule has 1 N–H and O–H groups in total. The second-order valence-electron chi connectivity index (χ2n) is 5.14. The Hall–Kier alpha value is -1.90. The molecule has 2 aromatic rings. The molecule has 0 aromatic heterocycles. The van der Waals surface area contributed by atoms with Gasteiger partial charge in [-0.25, -0.2) is 0 Å². The highest BCUT2D eigenvalue weighted by Crippen LogP contribution is 2.37. The molecule has 11 heteroatoms. The third-order valence-corrected chi connectivity index (χ3v) is 3.84. The van der Waals surface area contributed by atoms with Gasteiger partial charge in [-0.1, -0.05) is 23.2 Å². The van der Waals surface area contributed by atoms with Crippen LogP contribution in [-0.4, -0.2) is 6.21 Å². The monoisotopic (exact) mass is 462 g/mol. The Bertz CT molecular complexity index is 876. The summed E-state index contributed by atoms with van der Waals surface area (Å²) in [7, 11) is 0. The van der Waals surface area contributed by atoms with Crippen molar-refractivity contribution in [3.05, 3.63) is 69.8 Å². The predicted molar refractivity (Wildman–Crippen MR) is 101 cm³/mol. The number of halogens is 9. The van der Waals surface area contributed by atoms with E-state index in [9.17, 15) is 26.3 Å². The lowest BCUT2D eigenvalue weighted by Crippen LogP contribution is -2.06. The standard InChI is InChI=1S/C17H10Cl2F6N2.ClH/c18-14-4-2-10(8-12(14)16(20,21)22)26-6-1-7-27-11-3-5-15(19)13(9-11)17(23,24)25;/h1-9,26H;1H/b6-1+,27-7?;. The Morgan fingerprint density at radius 2 is 1.36 bits per heavy atom. The van der Waals surface area contributed by atoms with E-state index in [4.69, 9.17) is 23.2 Å². The van der Waals surface area contributed by atoms with Crippen LogP contribution in [0.4, 0.5) is 37.7 Å². The van der Waals surface area contributed by atoms with Crippen molar-refractivity contribution in [2.45, 2.75) is 12.4 Å². The molecule has 0 unspecified atom stereocenters. The van der Waals surface area contributed by atoms with Crippen molar-refractivity contribution in [3.8, 4) is 0 Å². The van der Waals surface area contributed by atoms with Crippen LogP contribution >= 0.6 is 35.6 Å². The van der Waals surface area contributed by atoms with Gasteiger partial charge in [0.1, 0.15) is 0 Å². The van der Waals surface area contributed by atoms with Crippen molar-refractivity contribution in [2.24, 2.45) is 4.99 Å². The summed E-state index contributed by atoms with van der Waals surface area (Å²) in [5.41, 5.74) is -1.86. The number of hydrogen-bond donors (Lipinski definition) is 1. The van der Waals surface area contributed by atoms with Crippen molar-refractivity contribution in [1.82, 2.24) is 0 Å². The summed E-state index contributed by atoms with van der Waals surface area (Å²) in [5.74, 6) is 0. The summed E-state index contributed by atoms with van der Waals surface area (Å²) in [5, 5.41) is 1.71. The zero-order chi connectivity index (χ0) is 20.2. The van der Waals surface area contributed by atoms with E-state index in [0.29, 0.717) is 0 Å². The molecule has 152 valence electrons. The van der Waals surface area contributed by atoms with Gasteiger partial charge in [-0.3, -0.25) is 4.99 Å². The van der Waals surface area contributed by atoms with Crippen LogP contribution in [0.25, 0.3) is 0 Å². The smallest absolute Gasteiger partial charge is 0.362 e. The number of hydrogen-bond acceptors (Lipinski definition) is 2. The second-order valence-corrected chi connectivity index (χ2v) is 5.95. The fraction of sp³-hybridized carbons (Fsp3) is 0.118. The second kappa shape index (κ2) is 9.54. The fourth-order valence-electron chi connectivity index (χ4n) is 1.96. The molecule has 2 rings (SSSR count). The summed E-state index contributed by atoms with van der Waals surface area (Å²) < 4.78 is 76.6. The van der Waals surface area contributed by atoms with Crippen molar-refractivity contribution >= 4 is 53.2 Å². The Kier molecular flexibility index (Phi) is 8.22. The lowest BCUT2D eigenvalue weighted by atomic mass is 10.2. The van der Waals surface area contributed by atoms with Gasteiger partial charge in [-0.2, -0.15) is 26.3 Å². The fourth-order valence-corrected chi connectivity index (χ4v) is 2.41. The third-order valence-electron chi connectivity index (χ3n) is 3.18. The minimum absolute atomic E-state index is 0. The molecule has 0 aliphatic carbocycles. The van der Waals surface area contributed by atoms with Crippen molar-refractivity contribution < 1.29 is 26.3 Å². The minimum Gasteiger partial charge on any atom is -0.362 e. The topological polar surface area (TPSA) is 24.4 Å². The average Bonchev–Trinajstić information content (AvgIpc) is 2.55. The number of rotatable bonds is 4. The summed E-state index contributed by atoms with van der Waals surface area (Å²) in [6, 6.07) is 6.43. The molecular weight excluding hydrogens is 453 g/mol. The molecule has 2 nitrogen and oxygen atoms in total. The predicted octanol–water partition coefficient (Wildman–Crippen LogP) is 7.78. The summed E-state index contributed by atoms with van der Waals surface area (Å²) in [4.78, 5) is 3.81. The largest absolute Gasteiger partial charge is 0.417 e. The SMILES string of the molecule is Cl.FC(F)(F)c1cc(N=C/C=C/Nc2ccc(Cl)c(C(F)(F)F)c2)ccc1Cl. The lowest BCUT2D eigenvalue weighted by molar-refractivity contribution is -0.138. The molecule has 2 aromatic carbocycles. The summed E-state index contributed by atoms with van der Waals surface area (Å²) >= 11 is 11.0. The van der Waals surface area contributed by atoms with E-state index in [2.05, 4.69) is 10.3 Å². The molecule has 0 bridgehead atoms. The van der Waals surface area contributed by atoms with Gasteiger partial charge in [0.05, 0.1) is 26.9 Å². The van der Waals surface area contributed by atoms with Crippen LogP contribution in [0.2, 0.25) is 10.0 Å². The molecular formula is C17H11Cl3F6N2. The van der Waals surface area contributed by atoms with Gasteiger partial charge >= 0.3 is 12.4 Å². The maximum atomic E-state index is 12.8. The molecule has 0 amide bonds. The Morgan fingerprint density at radius 3 is 1.93 bits per heavy atom. The van der Waals surface area contributed by atoms with Crippen LogP contribution in [0.1, 0.15) is 11.1 Å². The number of benzene rings is 2. The summed E-state index contributed by atoms with van der Waals surface area (Å²) in [6.07, 6.45) is -5.44. The Morgan fingerprint density at radius 1 is 0.821 bits per heavy atom. The van der Waals surface area contributed by atoms with Gasteiger partial charge in [0.15, 0.2) is 0 Å². The highest BCUT2D eigenvalue weighted by Gasteiger charge is 2.34. The molecule has 0 saturated heterocycles. The molecule has 0 fully saturated rings. The van der Waals surface area contributed by atoms with Gasteiger partial charge in [-0.15, -0.1) is 12.4 Å². The van der Waals surface area contributed by atoms with Gasteiger partial charge in [0, 0.05) is 18.1 Å². The third kappa shape index (κ3) is 6.61. The van der Waals surface area contributed by atoms with E-state index in [1.807, 2.05) is 0 Å². The van der Waals surface area contributed by atoms with E-state index in [-0.39, 0.29) is 23.8 Å². The first kappa shape index (κ1) is 24.1. The number of nitrogens with zero attached hydrogens (tertiary/aromatic N) is 1. The van der Waals surface area contributed by atoms with Crippen molar-refractivity contribution in [1.29, 1.82) is 0 Å². The Labute approximate surface area is 172 Å². The summed E-state index contributed by atoms with van der Waals surface area (Å²) in [6.45, 7) is 0. The van der Waals surface area contributed by atoms with Gasteiger partial charge in [-0.05, 0) is 42.5 Å². The molecule has 0 radical (unpaired) electrons. The van der Waals surface area contributed by atoms with Gasteiger partial charge in [0.2, 0.25) is 0 Å². The molecule has 0 aliphatic rings. The van der Waals surface area contributed by atoms with Gasteiger partial charge in [0.25, 0.3) is 0 Å². The van der Waals surface area contributed by atoms with E-state index in [1.165, 1.54) is 30.6 Å². The molecule has 0 heterocycles. The molecule has 0 spiro atoms. The van der Waals surface area contributed by atoms with Crippen LogP contribution in [-0.2, 0) is 12.4 Å². The van der Waals surface area contributed by atoms with Crippen molar-refractivity contribution in [3.63, 3.8) is 0 Å². The van der Waals surface area contributed by atoms with Crippen LogP contribution < -0.4 is 5.32 Å². The lowest BCUT2D eigenvalue weighted by Gasteiger charge is -2.10. The molecule has 0 atom stereocenters. The van der Waals surface area contributed by atoms with Crippen LogP contribution in [0, 0.1) is 0 Å². The van der Waals surface area contributed by atoms with E-state index in [1.54, 1.807) is 0 Å². The Balaban J connectivity index is 0.00000392. The number of anilines is 1. The molecule has 0 aliphatic heterocycles. The molecule has 28 heavy (non-hydrogen) atoms. The number of aliphatic imine (C=N–C) groups is 1. The average molecular weight is 464 g/mol. The number of nitrogens with one attached hydrogen (secondary N) is 1. The minimum atomic E-state index is -4.61. The maximum absolute atomic E-state index is 12.8. The first-order valence-corrected chi connectivity index (χ1v) is 7.93. The maximum Gasteiger partial charge on any atom is 0.417 e. The van der Waals surface area contributed by atoms with E-state index in [0.717, 1.165) is 24.3 Å². The van der Waals surface area contributed by atoms with Crippen LogP contribution in [0.5, 0.6) is 0 Å². The van der Waals surface area contributed by atoms with Crippen LogP contribution in [0.3, 0.4) is 0 Å². The van der Waals surface area contributed by atoms with E-state index >= 15 is 0 Å². The van der Waals surface area contributed by atoms with Crippen LogP contribution in [0.15, 0.2) is 53.7 Å². The zero-order valence-electron chi connectivity index (χ0n) is 13.6. The highest BCUT2D eigenvalue weighted by atomic mass is 35.5. The van der Waals surface area contributed by atoms with Crippen molar-refractivity contribution in [2.75, 3.05) is 5.32 Å². The first-order chi connectivity index (χ1) is 12.5. The highest BCUT2D eigenvalue weighted by molar-refractivity contribution is 6.31. The van der Waals surface area contributed by atoms with E-state index < -0.39 is 33.5 Å². The normalized spacial score (nSPS) is 12.4. The molecule has 0 saturated carbocycles. The zero-order valence-corrected chi connectivity index (χ0v) is 15.9. The van der Waals surface area contributed by atoms with Gasteiger partial charge < -0.3 is 5.32 Å². The first-order valence-electron chi connectivity index (χ1n) is 7.18. The quantitative estimate of drug-likeness (QED) is 0.363.